The summed E-state index contributed by atoms with van der Waals surface area (Å²) in [4.78, 5) is 0. The maximum atomic E-state index is 10.7. The van der Waals surface area contributed by atoms with E-state index in [0.717, 1.165) is 5.56 Å². The smallest absolute Gasteiger partial charge is 0.126 e. The van der Waals surface area contributed by atoms with E-state index in [1.807, 2.05) is 31.2 Å². The highest BCUT2D eigenvalue weighted by atomic mass is 35.5. The topological polar surface area (TPSA) is 55.5 Å². The molecule has 2 rings (SSSR count). The van der Waals surface area contributed by atoms with Gasteiger partial charge in [-0.15, -0.1) is 0 Å². The first-order valence-electron chi connectivity index (χ1n) is 6.85. The van der Waals surface area contributed by atoms with Gasteiger partial charge in [0.05, 0.1) is 13.2 Å². The van der Waals surface area contributed by atoms with Gasteiger partial charge in [0.1, 0.15) is 5.75 Å². The van der Waals surface area contributed by atoms with Crippen molar-refractivity contribution in [2.24, 2.45) is 5.73 Å². The van der Waals surface area contributed by atoms with Crippen LogP contribution < -0.4 is 10.5 Å². The fourth-order valence-electron chi connectivity index (χ4n) is 2.41. The quantitative estimate of drug-likeness (QED) is 0.890. The van der Waals surface area contributed by atoms with Crippen molar-refractivity contribution >= 4 is 11.6 Å². The van der Waals surface area contributed by atoms with Crippen LogP contribution in [0.2, 0.25) is 5.02 Å². The first kappa shape index (κ1) is 15.8. The number of aliphatic hydroxyl groups is 1. The van der Waals surface area contributed by atoms with Gasteiger partial charge < -0.3 is 15.6 Å². The number of aryl methyl sites for hydroxylation is 1. The summed E-state index contributed by atoms with van der Waals surface area (Å²) in [6, 6.07) is 13.3. The first-order chi connectivity index (χ1) is 10.1. The molecule has 0 aliphatic heterocycles. The van der Waals surface area contributed by atoms with Crippen LogP contribution in [0.15, 0.2) is 42.5 Å². The fourth-order valence-corrected chi connectivity index (χ4v) is 2.57. The molecule has 2 unspecified atom stereocenters. The highest BCUT2D eigenvalue weighted by Crippen LogP contribution is 2.36. The number of ether oxygens (including phenoxy) is 1. The van der Waals surface area contributed by atoms with Gasteiger partial charge in [0.15, 0.2) is 0 Å². The van der Waals surface area contributed by atoms with E-state index in [1.165, 1.54) is 5.56 Å². The molecular formula is C17H20ClNO2. The van der Waals surface area contributed by atoms with E-state index in [-0.39, 0.29) is 5.92 Å². The Hall–Kier alpha value is -1.55. The standard InChI is InChI=1S/C17H20ClNO2/c1-11-3-5-12(6-4-11)15(10-19)17(20)14-8-7-13(18)9-16(14)21-2/h3-9,15,17,20H,10,19H2,1-2H3. The van der Waals surface area contributed by atoms with E-state index >= 15 is 0 Å². The maximum absolute atomic E-state index is 10.7. The van der Waals surface area contributed by atoms with Crippen LogP contribution in [0.3, 0.4) is 0 Å². The fraction of sp³-hybridized carbons (Fsp3) is 0.294. The van der Waals surface area contributed by atoms with Gasteiger partial charge in [-0.05, 0) is 24.6 Å². The molecule has 2 aromatic carbocycles. The zero-order valence-electron chi connectivity index (χ0n) is 12.2. The number of hydrogen-bond acceptors (Lipinski definition) is 3. The van der Waals surface area contributed by atoms with E-state index in [2.05, 4.69) is 0 Å². The van der Waals surface area contributed by atoms with Crippen molar-refractivity contribution in [3.8, 4) is 5.75 Å². The van der Waals surface area contributed by atoms with Gasteiger partial charge in [0, 0.05) is 23.0 Å². The first-order valence-corrected chi connectivity index (χ1v) is 7.22. The van der Waals surface area contributed by atoms with Gasteiger partial charge in [-0.2, -0.15) is 0 Å². The van der Waals surface area contributed by atoms with E-state index < -0.39 is 6.10 Å². The molecule has 4 heteroatoms. The van der Waals surface area contributed by atoms with Crippen molar-refractivity contribution in [1.29, 1.82) is 0 Å². The minimum Gasteiger partial charge on any atom is -0.496 e. The molecule has 0 aromatic heterocycles. The van der Waals surface area contributed by atoms with Crippen molar-refractivity contribution in [1.82, 2.24) is 0 Å². The Bertz CT molecular complexity index is 598. The zero-order chi connectivity index (χ0) is 15.4. The number of hydrogen-bond donors (Lipinski definition) is 2. The summed E-state index contributed by atoms with van der Waals surface area (Å²) in [7, 11) is 1.56. The van der Waals surface area contributed by atoms with Gasteiger partial charge in [-0.1, -0.05) is 47.5 Å². The number of halogens is 1. The Morgan fingerprint density at radius 2 is 1.86 bits per heavy atom. The summed E-state index contributed by atoms with van der Waals surface area (Å²) in [6.07, 6.45) is -0.745. The van der Waals surface area contributed by atoms with Crippen molar-refractivity contribution in [3.05, 3.63) is 64.2 Å². The Balaban J connectivity index is 2.36. The predicted molar refractivity (Wildman–Crippen MR) is 85.9 cm³/mol. The second kappa shape index (κ2) is 6.94. The number of methoxy groups -OCH3 is 1. The zero-order valence-corrected chi connectivity index (χ0v) is 13.0. The normalized spacial score (nSPS) is 13.8. The van der Waals surface area contributed by atoms with Crippen molar-refractivity contribution in [2.45, 2.75) is 18.9 Å². The molecule has 0 saturated heterocycles. The molecule has 0 heterocycles. The van der Waals surface area contributed by atoms with E-state index in [1.54, 1.807) is 25.3 Å². The van der Waals surface area contributed by atoms with Gasteiger partial charge >= 0.3 is 0 Å². The Morgan fingerprint density at radius 3 is 2.43 bits per heavy atom. The molecule has 2 aromatic rings. The predicted octanol–water partition coefficient (Wildman–Crippen LogP) is 3.43. The van der Waals surface area contributed by atoms with Crippen LogP contribution in [0.25, 0.3) is 0 Å². The SMILES string of the molecule is COc1cc(Cl)ccc1C(O)C(CN)c1ccc(C)cc1. The average molecular weight is 306 g/mol. The maximum Gasteiger partial charge on any atom is 0.126 e. The Kier molecular flexibility index (Phi) is 5.23. The molecule has 21 heavy (non-hydrogen) atoms. The van der Waals surface area contributed by atoms with Crippen molar-refractivity contribution in [2.75, 3.05) is 13.7 Å². The summed E-state index contributed by atoms with van der Waals surface area (Å²) in [5.74, 6) is 0.376. The number of rotatable bonds is 5. The molecule has 0 radical (unpaired) electrons. The summed E-state index contributed by atoms with van der Waals surface area (Å²) in [6.45, 7) is 2.37. The van der Waals surface area contributed by atoms with Gasteiger partial charge in [-0.25, -0.2) is 0 Å². The lowest BCUT2D eigenvalue weighted by Crippen LogP contribution is -2.20. The lowest BCUT2D eigenvalue weighted by molar-refractivity contribution is 0.144. The second-order valence-electron chi connectivity index (χ2n) is 5.08. The molecule has 0 aliphatic rings. The highest BCUT2D eigenvalue weighted by molar-refractivity contribution is 6.30. The molecule has 0 bridgehead atoms. The molecular weight excluding hydrogens is 286 g/mol. The molecule has 0 aliphatic carbocycles. The number of aliphatic hydroxyl groups excluding tert-OH is 1. The Labute approximate surface area is 130 Å². The third-order valence-electron chi connectivity index (χ3n) is 3.65. The minimum absolute atomic E-state index is 0.194. The minimum atomic E-state index is -0.745. The van der Waals surface area contributed by atoms with Crippen molar-refractivity contribution in [3.63, 3.8) is 0 Å². The number of benzene rings is 2. The molecule has 2 atom stereocenters. The lowest BCUT2D eigenvalue weighted by atomic mass is 9.88. The molecule has 3 nitrogen and oxygen atoms in total. The summed E-state index contributed by atoms with van der Waals surface area (Å²) in [5.41, 5.74) is 8.75. The van der Waals surface area contributed by atoms with Crippen molar-refractivity contribution < 1.29 is 9.84 Å². The molecule has 112 valence electrons. The summed E-state index contributed by atoms with van der Waals surface area (Å²) >= 11 is 5.96. The molecule has 0 saturated carbocycles. The third-order valence-corrected chi connectivity index (χ3v) is 3.89. The third kappa shape index (κ3) is 3.56. The molecule has 0 spiro atoms. The molecule has 0 fully saturated rings. The van der Waals surface area contributed by atoms with Gasteiger partial charge in [0.2, 0.25) is 0 Å². The van der Waals surface area contributed by atoms with Crippen LogP contribution in [-0.2, 0) is 0 Å². The highest BCUT2D eigenvalue weighted by Gasteiger charge is 2.24. The monoisotopic (exact) mass is 305 g/mol. The van der Waals surface area contributed by atoms with Gasteiger partial charge in [-0.3, -0.25) is 0 Å². The number of nitrogens with two attached hydrogens (primary N) is 1. The molecule has 0 amide bonds. The summed E-state index contributed by atoms with van der Waals surface area (Å²) in [5, 5.41) is 11.3. The van der Waals surface area contributed by atoms with Crippen LogP contribution in [0.4, 0.5) is 0 Å². The van der Waals surface area contributed by atoms with Gasteiger partial charge in [0.25, 0.3) is 0 Å². The lowest BCUT2D eigenvalue weighted by Gasteiger charge is -2.24. The van der Waals surface area contributed by atoms with E-state index in [0.29, 0.717) is 22.9 Å². The van der Waals surface area contributed by atoms with Crippen LogP contribution in [-0.4, -0.2) is 18.8 Å². The second-order valence-corrected chi connectivity index (χ2v) is 5.52. The molecule has 3 N–H and O–H groups in total. The van der Waals surface area contributed by atoms with Crippen LogP contribution in [0.1, 0.15) is 28.7 Å². The van der Waals surface area contributed by atoms with Crippen LogP contribution >= 0.6 is 11.6 Å². The average Bonchev–Trinajstić information content (AvgIpc) is 2.49. The van der Waals surface area contributed by atoms with Crippen LogP contribution in [0, 0.1) is 6.92 Å². The Morgan fingerprint density at radius 1 is 1.19 bits per heavy atom. The van der Waals surface area contributed by atoms with Crippen LogP contribution in [0.5, 0.6) is 5.75 Å². The largest absolute Gasteiger partial charge is 0.496 e. The van der Waals surface area contributed by atoms with E-state index in [9.17, 15) is 5.11 Å². The van der Waals surface area contributed by atoms with E-state index in [4.69, 9.17) is 22.1 Å². The summed E-state index contributed by atoms with van der Waals surface area (Å²) < 4.78 is 5.31.